The molecule has 0 spiro atoms. The van der Waals surface area contributed by atoms with Gasteiger partial charge in [0.25, 0.3) is 0 Å². The predicted octanol–water partition coefficient (Wildman–Crippen LogP) is 1.56. The zero-order valence-electron chi connectivity index (χ0n) is 16.2. The van der Waals surface area contributed by atoms with Crippen LogP contribution in [0.5, 0.6) is 0 Å². The number of nitrogens with one attached hydrogen (secondary N) is 1. The maximum absolute atomic E-state index is 12.9. The van der Waals surface area contributed by atoms with Crippen molar-refractivity contribution in [1.82, 2.24) is 9.62 Å². The molecule has 1 heterocycles. The van der Waals surface area contributed by atoms with Gasteiger partial charge in [-0.05, 0) is 49.9 Å². The number of anilines is 1. The van der Waals surface area contributed by atoms with Crippen LogP contribution in [0.15, 0.2) is 18.2 Å². The zero-order chi connectivity index (χ0) is 20.0. The summed E-state index contributed by atoms with van der Waals surface area (Å²) < 4.78 is 25.3. The van der Waals surface area contributed by atoms with Gasteiger partial charge in [0.2, 0.25) is 15.9 Å². The van der Waals surface area contributed by atoms with Gasteiger partial charge in [-0.3, -0.25) is 9.69 Å². The van der Waals surface area contributed by atoms with Crippen molar-refractivity contribution in [3.63, 3.8) is 0 Å². The molecule has 0 aliphatic carbocycles. The van der Waals surface area contributed by atoms with E-state index in [9.17, 15) is 13.2 Å². The van der Waals surface area contributed by atoms with E-state index in [1.807, 2.05) is 30.9 Å². The fourth-order valence-corrected chi connectivity index (χ4v) is 4.30. The SMILES string of the molecule is Cc1cc(C)cc(N(CCC#N)C(=O)CN2CCC(NS(C)(=O)=O)CC2)c1. The average Bonchev–Trinajstić information content (AvgIpc) is 2.55. The summed E-state index contributed by atoms with van der Waals surface area (Å²) in [6.07, 6.45) is 2.81. The minimum Gasteiger partial charge on any atom is -0.310 e. The van der Waals surface area contributed by atoms with E-state index >= 15 is 0 Å². The molecule has 1 aliphatic rings. The number of hydrogen-bond donors (Lipinski definition) is 1. The van der Waals surface area contributed by atoms with Crippen molar-refractivity contribution in [2.75, 3.05) is 37.3 Å². The highest BCUT2D eigenvalue weighted by Gasteiger charge is 2.25. The molecule has 2 rings (SSSR count). The van der Waals surface area contributed by atoms with Gasteiger partial charge in [0.05, 0.1) is 25.3 Å². The van der Waals surface area contributed by atoms with E-state index in [4.69, 9.17) is 5.26 Å². The number of hydrogen-bond acceptors (Lipinski definition) is 5. The Morgan fingerprint density at radius 1 is 1.26 bits per heavy atom. The Bertz CT molecular complexity index is 788. The van der Waals surface area contributed by atoms with Crippen molar-refractivity contribution in [1.29, 1.82) is 5.26 Å². The second kappa shape index (κ2) is 9.31. The van der Waals surface area contributed by atoms with Crippen LogP contribution >= 0.6 is 0 Å². The second-order valence-corrected chi connectivity index (χ2v) is 9.02. The molecule has 1 aromatic rings. The lowest BCUT2D eigenvalue weighted by Gasteiger charge is -2.33. The number of sulfonamides is 1. The topological polar surface area (TPSA) is 93.5 Å². The van der Waals surface area contributed by atoms with Gasteiger partial charge in [-0.25, -0.2) is 13.1 Å². The first-order valence-corrected chi connectivity index (χ1v) is 11.0. The summed E-state index contributed by atoms with van der Waals surface area (Å²) in [5.74, 6) is -0.0372. The van der Waals surface area contributed by atoms with Gasteiger partial charge in [0.1, 0.15) is 0 Å². The summed E-state index contributed by atoms with van der Waals surface area (Å²) >= 11 is 0. The lowest BCUT2D eigenvalue weighted by molar-refractivity contribution is -0.120. The Kier molecular flexibility index (Phi) is 7.36. The van der Waals surface area contributed by atoms with E-state index in [0.717, 1.165) is 16.8 Å². The van der Waals surface area contributed by atoms with Crippen molar-refractivity contribution in [3.05, 3.63) is 29.3 Å². The molecule has 27 heavy (non-hydrogen) atoms. The third-order valence-electron chi connectivity index (χ3n) is 4.59. The van der Waals surface area contributed by atoms with Crippen LogP contribution in [0, 0.1) is 25.2 Å². The van der Waals surface area contributed by atoms with E-state index in [-0.39, 0.29) is 24.9 Å². The van der Waals surface area contributed by atoms with E-state index < -0.39 is 10.0 Å². The number of carbonyl (C=O) groups is 1. The number of carbonyl (C=O) groups excluding carboxylic acids is 1. The first-order valence-electron chi connectivity index (χ1n) is 9.13. The quantitative estimate of drug-likeness (QED) is 0.760. The van der Waals surface area contributed by atoms with E-state index in [1.54, 1.807) is 4.90 Å². The number of nitrogens with zero attached hydrogens (tertiary/aromatic N) is 3. The highest BCUT2D eigenvalue weighted by atomic mass is 32.2. The molecule has 0 atom stereocenters. The number of likely N-dealkylation sites (tertiary alicyclic amines) is 1. The molecular weight excluding hydrogens is 364 g/mol. The highest BCUT2D eigenvalue weighted by Crippen LogP contribution is 2.20. The lowest BCUT2D eigenvalue weighted by Crippen LogP contribution is -2.48. The smallest absolute Gasteiger partial charge is 0.241 e. The fraction of sp³-hybridized carbons (Fsp3) is 0.579. The van der Waals surface area contributed by atoms with Crippen LogP contribution in [0.2, 0.25) is 0 Å². The minimum atomic E-state index is -3.21. The minimum absolute atomic E-state index is 0.0372. The van der Waals surface area contributed by atoms with Crippen molar-refractivity contribution in [2.24, 2.45) is 0 Å². The summed E-state index contributed by atoms with van der Waals surface area (Å²) in [4.78, 5) is 16.6. The number of nitriles is 1. The van der Waals surface area contributed by atoms with Gasteiger partial charge < -0.3 is 4.90 Å². The first kappa shape index (κ1) is 21.4. The van der Waals surface area contributed by atoms with Gasteiger partial charge in [-0.15, -0.1) is 0 Å². The van der Waals surface area contributed by atoms with Crippen molar-refractivity contribution < 1.29 is 13.2 Å². The monoisotopic (exact) mass is 392 g/mol. The molecule has 0 radical (unpaired) electrons. The molecule has 1 saturated heterocycles. The second-order valence-electron chi connectivity index (χ2n) is 7.24. The van der Waals surface area contributed by atoms with Crippen LogP contribution in [0.25, 0.3) is 0 Å². The first-order chi connectivity index (χ1) is 12.7. The van der Waals surface area contributed by atoms with E-state index in [0.29, 0.717) is 32.5 Å². The van der Waals surface area contributed by atoms with Crippen LogP contribution in [-0.4, -0.2) is 57.7 Å². The predicted molar refractivity (Wildman–Crippen MR) is 106 cm³/mol. The largest absolute Gasteiger partial charge is 0.310 e. The lowest BCUT2D eigenvalue weighted by atomic mass is 10.1. The summed E-state index contributed by atoms with van der Waals surface area (Å²) in [7, 11) is -3.21. The number of aryl methyl sites for hydroxylation is 2. The molecule has 148 valence electrons. The number of benzene rings is 1. The number of rotatable bonds is 7. The highest BCUT2D eigenvalue weighted by molar-refractivity contribution is 7.88. The van der Waals surface area contributed by atoms with Crippen LogP contribution in [-0.2, 0) is 14.8 Å². The Labute approximate surface area is 162 Å². The van der Waals surface area contributed by atoms with Crippen LogP contribution < -0.4 is 9.62 Å². The van der Waals surface area contributed by atoms with E-state index in [1.165, 1.54) is 6.26 Å². The molecule has 0 aromatic heterocycles. The molecule has 0 bridgehead atoms. The zero-order valence-corrected chi connectivity index (χ0v) is 17.1. The third-order valence-corrected chi connectivity index (χ3v) is 5.36. The molecule has 0 saturated carbocycles. The maximum atomic E-state index is 12.9. The number of piperidine rings is 1. The van der Waals surface area contributed by atoms with Gasteiger partial charge in [-0.2, -0.15) is 5.26 Å². The van der Waals surface area contributed by atoms with Crippen LogP contribution in [0.3, 0.4) is 0 Å². The van der Waals surface area contributed by atoms with Crippen LogP contribution in [0.4, 0.5) is 5.69 Å². The van der Waals surface area contributed by atoms with Gasteiger partial charge >= 0.3 is 0 Å². The van der Waals surface area contributed by atoms with Crippen molar-refractivity contribution >= 4 is 21.6 Å². The third kappa shape index (κ3) is 6.94. The standard InChI is InChI=1S/C19H28N4O3S/c1-15-11-16(2)13-18(12-15)23(8-4-7-20)19(24)14-22-9-5-17(6-10-22)21-27(3,25)26/h11-13,17,21H,4-6,8-10,14H2,1-3H3. The Hall–Kier alpha value is -1.95. The van der Waals surface area contributed by atoms with Gasteiger partial charge in [-0.1, -0.05) is 6.07 Å². The molecule has 1 N–H and O–H groups in total. The molecule has 1 amide bonds. The Morgan fingerprint density at radius 3 is 2.37 bits per heavy atom. The summed E-state index contributed by atoms with van der Waals surface area (Å²) in [6, 6.07) is 8.02. The summed E-state index contributed by atoms with van der Waals surface area (Å²) in [5.41, 5.74) is 2.97. The normalized spacial score (nSPS) is 16.1. The molecule has 1 fully saturated rings. The van der Waals surface area contributed by atoms with Crippen molar-refractivity contribution in [3.8, 4) is 6.07 Å². The number of amides is 1. The molecule has 1 aliphatic heterocycles. The summed E-state index contributed by atoms with van der Waals surface area (Å²) in [5, 5.41) is 8.94. The fourth-order valence-electron chi connectivity index (χ4n) is 3.45. The van der Waals surface area contributed by atoms with Crippen LogP contribution in [0.1, 0.15) is 30.4 Å². The van der Waals surface area contributed by atoms with Gasteiger partial charge in [0, 0.05) is 31.4 Å². The summed E-state index contributed by atoms with van der Waals surface area (Å²) in [6.45, 7) is 5.94. The van der Waals surface area contributed by atoms with E-state index in [2.05, 4.69) is 16.9 Å². The Morgan fingerprint density at radius 2 is 1.85 bits per heavy atom. The average molecular weight is 393 g/mol. The Balaban J connectivity index is 2.01. The molecule has 7 nitrogen and oxygen atoms in total. The molecule has 0 unspecified atom stereocenters. The molecule has 8 heteroatoms. The molecule has 1 aromatic carbocycles. The van der Waals surface area contributed by atoms with Gasteiger partial charge in [0.15, 0.2) is 0 Å². The van der Waals surface area contributed by atoms with Crippen molar-refractivity contribution in [2.45, 2.75) is 39.2 Å². The molecular formula is C19H28N4O3S. The maximum Gasteiger partial charge on any atom is 0.241 e.